The van der Waals surface area contributed by atoms with Gasteiger partial charge >= 0.3 is 0 Å². The fourth-order valence-corrected chi connectivity index (χ4v) is 2.28. The van der Waals surface area contributed by atoms with Gasteiger partial charge in [0.15, 0.2) is 0 Å². The topological polar surface area (TPSA) is 24.5 Å². The zero-order valence-electron chi connectivity index (χ0n) is 13.5. The van der Waals surface area contributed by atoms with Gasteiger partial charge in [-0.15, -0.1) is 0 Å². The van der Waals surface area contributed by atoms with E-state index >= 15 is 0 Å². The van der Waals surface area contributed by atoms with Gasteiger partial charge in [-0.25, -0.2) is 0 Å². The quantitative estimate of drug-likeness (QED) is 0.665. The lowest BCUT2D eigenvalue weighted by molar-refractivity contribution is 0.308. The van der Waals surface area contributed by atoms with Crippen LogP contribution < -0.4 is 10.1 Å². The van der Waals surface area contributed by atoms with E-state index in [0.717, 1.165) is 25.4 Å². The molecule has 1 N–H and O–H groups in total. The van der Waals surface area contributed by atoms with Crippen molar-refractivity contribution in [1.29, 1.82) is 0 Å². The van der Waals surface area contributed by atoms with Gasteiger partial charge in [0.1, 0.15) is 5.75 Å². The van der Waals surface area contributed by atoms with E-state index in [9.17, 15) is 0 Å². The summed E-state index contributed by atoms with van der Waals surface area (Å²) in [5, 5.41) is 3.46. The summed E-state index contributed by atoms with van der Waals surface area (Å²) in [7, 11) is 3.92. The number of benzene rings is 1. The van der Waals surface area contributed by atoms with Crippen LogP contribution in [0.1, 0.15) is 38.7 Å². The van der Waals surface area contributed by atoms with Gasteiger partial charge in [-0.2, -0.15) is 0 Å². The van der Waals surface area contributed by atoms with Gasteiger partial charge in [-0.1, -0.05) is 38.5 Å². The smallest absolute Gasteiger partial charge is 0.123 e. The van der Waals surface area contributed by atoms with E-state index in [1.165, 1.54) is 24.8 Å². The van der Waals surface area contributed by atoms with Gasteiger partial charge in [-0.3, -0.25) is 0 Å². The van der Waals surface area contributed by atoms with Crippen LogP contribution in [0.3, 0.4) is 0 Å². The average molecular weight is 278 g/mol. The second-order valence-electron chi connectivity index (χ2n) is 5.72. The Bertz CT molecular complexity index is 366. The van der Waals surface area contributed by atoms with Crippen LogP contribution >= 0.6 is 0 Å². The molecule has 114 valence electrons. The van der Waals surface area contributed by atoms with Crippen LogP contribution in [0.4, 0.5) is 0 Å². The van der Waals surface area contributed by atoms with Crippen LogP contribution in [-0.4, -0.2) is 38.2 Å². The first-order valence-electron chi connectivity index (χ1n) is 7.67. The van der Waals surface area contributed by atoms with Crippen molar-refractivity contribution < 1.29 is 4.74 Å². The third-order valence-electron chi connectivity index (χ3n) is 3.40. The number of nitrogens with one attached hydrogen (secondary N) is 1. The van der Waals surface area contributed by atoms with Crippen LogP contribution in [0.5, 0.6) is 5.75 Å². The highest BCUT2D eigenvalue weighted by Gasteiger charge is 2.05. The van der Waals surface area contributed by atoms with Crippen molar-refractivity contribution in [1.82, 2.24) is 10.2 Å². The highest BCUT2D eigenvalue weighted by Crippen LogP contribution is 2.18. The first-order valence-corrected chi connectivity index (χ1v) is 7.67. The Morgan fingerprint density at radius 1 is 1.15 bits per heavy atom. The Morgan fingerprint density at radius 3 is 2.60 bits per heavy atom. The predicted octanol–water partition coefficient (Wildman–Crippen LogP) is 3.30. The van der Waals surface area contributed by atoms with E-state index in [1.54, 1.807) is 7.11 Å². The van der Waals surface area contributed by atoms with Crippen LogP contribution in [0.2, 0.25) is 0 Å². The Hall–Kier alpha value is -1.06. The molecular formula is C17H30N2O. The van der Waals surface area contributed by atoms with E-state index in [0.29, 0.717) is 6.04 Å². The van der Waals surface area contributed by atoms with Gasteiger partial charge in [0, 0.05) is 18.2 Å². The summed E-state index contributed by atoms with van der Waals surface area (Å²) < 4.78 is 5.39. The number of nitrogens with zero attached hydrogens (tertiary/aromatic N) is 1. The Kier molecular flexibility index (Phi) is 8.31. The van der Waals surface area contributed by atoms with Crippen LogP contribution in [0.25, 0.3) is 0 Å². The molecule has 0 aliphatic rings. The zero-order chi connectivity index (χ0) is 14.8. The molecule has 0 saturated carbocycles. The van der Waals surface area contributed by atoms with E-state index in [-0.39, 0.29) is 0 Å². The van der Waals surface area contributed by atoms with Crippen molar-refractivity contribution in [3.05, 3.63) is 29.8 Å². The molecule has 0 unspecified atom stereocenters. The minimum atomic E-state index is 0.600. The van der Waals surface area contributed by atoms with E-state index in [4.69, 9.17) is 4.74 Å². The summed E-state index contributed by atoms with van der Waals surface area (Å²) in [6.07, 6.45) is 3.81. The molecule has 0 amide bonds. The van der Waals surface area contributed by atoms with Crippen LogP contribution in [0.15, 0.2) is 24.3 Å². The van der Waals surface area contributed by atoms with Gasteiger partial charge in [-0.05, 0) is 39.0 Å². The normalized spacial score (nSPS) is 11.3. The fraction of sp³-hybridized carbons (Fsp3) is 0.647. The highest BCUT2D eigenvalue weighted by molar-refractivity contribution is 5.32. The Balaban J connectivity index is 2.18. The number of methoxy groups -OCH3 is 1. The molecule has 0 aliphatic heterocycles. The second-order valence-corrected chi connectivity index (χ2v) is 5.72. The molecule has 1 aromatic carbocycles. The largest absolute Gasteiger partial charge is 0.496 e. The van der Waals surface area contributed by atoms with Crippen molar-refractivity contribution in [3.8, 4) is 5.75 Å². The summed E-state index contributed by atoms with van der Waals surface area (Å²) in [6.45, 7) is 7.62. The molecule has 20 heavy (non-hydrogen) atoms. The van der Waals surface area contributed by atoms with Crippen molar-refractivity contribution in [2.24, 2.45) is 0 Å². The average Bonchev–Trinajstić information content (AvgIpc) is 2.43. The molecule has 0 aromatic heterocycles. The molecule has 3 heteroatoms. The summed E-state index contributed by atoms with van der Waals surface area (Å²) >= 11 is 0. The number of unbranched alkanes of at least 4 members (excludes halogenated alkanes) is 2. The fourth-order valence-electron chi connectivity index (χ4n) is 2.28. The summed E-state index contributed by atoms with van der Waals surface area (Å²) in [5.41, 5.74) is 1.26. The molecule has 0 bridgehead atoms. The number of rotatable bonds is 10. The first kappa shape index (κ1) is 17.0. The second kappa shape index (κ2) is 9.78. The lowest BCUT2D eigenvalue weighted by Crippen LogP contribution is -2.24. The number of ether oxygens (including phenoxy) is 1. The minimum Gasteiger partial charge on any atom is -0.496 e. The summed E-state index contributed by atoms with van der Waals surface area (Å²) in [6, 6.07) is 8.86. The molecule has 3 nitrogen and oxygen atoms in total. The van der Waals surface area contributed by atoms with E-state index < -0.39 is 0 Å². The van der Waals surface area contributed by atoms with Crippen molar-refractivity contribution in [2.75, 3.05) is 27.2 Å². The lowest BCUT2D eigenvalue weighted by Gasteiger charge is -2.18. The summed E-state index contributed by atoms with van der Waals surface area (Å²) in [4.78, 5) is 2.37. The van der Waals surface area contributed by atoms with Crippen molar-refractivity contribution in [3.63, 3.8) is 0 Å². The maximum atomic E-state index is 5.39. The van der Waals surface area contributed by atoms with Crippen LogP contribution in [0, 0.1) is 0 Å². The van der Waals surface area contributed by atoms with E-state index in [1.807, 2.05) is 12.1 Å². The predicted molar refractivity (Wildman–Crippen MR) is 86.3 cm³/mol. The number of hydrogen-bond donors (Lipinski definition) is 1. The van der Waals surface area contributed by atoms with Crippen LogP contribution in [-0.2, 0) is 6.54 Å². The molecule has 1 rings (SSSR count). The molecule has 0 saturated heterocycles. The standard InChI is InChI=1S/C17H30N2O/c1-15(2)18-12-8-5-9-13-19(3)14-16-10-6-7-11-17(16)20-4/h6-7,10-11,15,18H,5,8-9,12-14H2,1-4H3. The maximum absolute atomic E-state index is 5.39. The maximum Gasteiger partial charge on any atom is 0.123 e. The Labute approximate surface area is 124 Å². The van der Waals surface area contributed by atoms with Gasteiger partial charge in [0.2, 0.25) is 0 Å². The zero-order valence-corrected chi connectivity index (χ0v) is 13.5. The lowest BCUT2D eigenvalue weighted by atomic mass is 10.1. The Morgan fingerprint density at radius 2 is 1.90 bits per heavy atom. The number of hydrogen-bond acceptors (Lipinski definition) is 3. The van der Waals surface area contributed by atoms with Crippen molar-refractivity contribution >= 4 is 0 Å². The molecule has 0 aliphatic carbocycles. The molecule has 0 atom stereocenters. The molecule has 0 radical (unpaired) electrons. The summed E-state index contributed by atoms with van der Waals surface area (Å²) in [5.74, 6) is 0.987. The van der Waals surface area contributed by atoms with Gasteiger partial charge in [0.25, 0.3) is 0 Å². The highest BCUT2D eigenvalue weighted by atomic mass is 16.5. The molecule has 0 heterocycles. The first-order chi connectivity index (χ1) is 9.63. The van der Waals surface area contributed by atoms with Crippen molar-refractivity contribution in [2.45, 2.75) is 45.7 Å². The molecule has 0 spiro atoms. The SMILES string of the molecule is COc1ccccc1CN(C)CCCCCNC(C)C. The van der Waals surface area contributed by atoms with Gasteiger partial charge < -0.3 is 15.0 Å². The van der Waals surface area contributed by atoms with E-state index in [2.05, 4.69) is 43.2 Å². The minimum absolute atomic E-state index is 0.600. The molecule has 1 aromatic rings. The third kappa shape index (κ3) is 6.92. The third-order valence-corrected chi connectivity index (χ3v) is 3.40. The monoisotopic (exact) mass is 278 g/mol. The molecule has 0 fully saturated rings. The van der Waals surface area contributed by atoms with Gasteiger partial charge in [0.05, 0.1) is 7.11 Å². The molecular weight excluding hydrogens is 248 g/mol. The number of para-hydroxylation sites is 1.